The number of ether oxygens (including phenoxy) is 1. The average molecular weight is 401 g/mol. The molecule has 1 fully saturated rings. The highest BCUT2D eigenvalue weighted by molar-refractivity contribution is 7.89. The number of hydrogen-bond acceptors (Lipinski definition) is 7. The van der Waals surface area contributed by atoms with Crippen LogP contribution in [0.1, 0.15) is 6.42 Å². The molecule has 152 valence electrons. The van der Waals surface area contributed by atoms with Crippen molar-refractivity contribution in [3.05, 3.63) is 30.3 Å². The number of aliphatic hydroxyl groups excluding tert-OH is 2. The summed E-state index contributed by atoms with van der Waals surface area (Å²) >= 11 is 0. The molecular weight excluding hydrogens is 374 g/mol. The molecule has 0 spiro atoms. The number of likely N-dealkylation sites (N-methyl/N-ethyl adjacent to an activating group) is 1. The van der Waals surface area contributed by atoms with Gasteiger partial charge in [-0.2, -0.15) is 0 Å². The molecule has 1 aliphatic rings. The van der Waals surface area contributed by atoms with Crippen molar-refractivity contribution in [3.63, 3.8) is 0 Å². The van der Waals surface area contributed by atoms with Crippen molar-refractivity contribution < 1.29 is 28.2 Å². The Kier molecular flexibility index (Phi) is 7.71. The van der Waals surface area contributed by atoms with Crippen LogP contribution < -0.4 is 10.0 Å². The number of rotatable bonds is 9. The number of amides is 1. The summed E-state index contributed by atoms with van der Waals surface area (Å²) in [6.07, 6.45) is -4.52. The van der Waals surface area contributed by atoms with E-state index in [0.29, 0.717) is 13.1 Å². The number of carbonyl (C=O) groups excluding carboxylic acids is 1. The topological polar surface area (TPSA) is 128 Å². The minimum Gasteiger partial charge on any atom is -0.388 e. The largest absolute Gasteiger partial charge is 0.388 e. The number of sulfonamides is 1. The summed E-state index contributed by atoms with van der Waals surface area (Å²) in [6.45, 7) is 0.915. The number of nitrogens with one attached hydrogen (secondary N) is 2. The first kappa shape index (κ1) is 21.7. The molecule has 1 aromatic carbocycles. The van der Waals surface area contributed by atoms with E-state index in [1.54, 1.807) is 18.2 Å². The molecule has 4 N–H and O–H groups in total. The number of carbonyl (C=O) groups is 1. The van der Waals surface area contributed by atoms with Gasteiger partial charge in [-0.3, -0.25) is 4.79 Å². The van der Waals surface area contributed by atoms with E-state index in [9.17, 15) is 23.4 Å². The lowest BCUT2D eigenvalue weighted by molar-refractivity contribution is -0.125. The molecule has 4 atom stereocenters. The molecule has 0 radical (unpaired) electrons. The predicted octanol–water partition coefficient (Wildman–Crippen LogP) is -1.48. The van der Waals surface area contributed by atoms with Gasteiger partial charge in [0, 0.05) is 19.6 Å². The van der Waals surface area contributed by atoms with Crippen LogP contribution >= 0.6 is 0 Å². The van der Waals surface area contributed by atoms with Gasteiger partial charge in [0.1, 0.15) is 18.3 Å². The zero-order chi connectivity index (χ0) is 20.0. The summed E-state index contributed by atoms with van der Waals surface area (Å²) in [5.41, 5.74) is 0. The quantitative estimate of drug-likeness (QED) is 0.397. The van der Waals surface area contributed by atoms with Gasteiger partial charge < -0.3 is 25.2 Å². The van der Waals surface area contributed by atoms with E-state index in [2.05, 4.69) is 10.0 Å². The van der Waals surface area contributed by atoms with Crippen LogP contribution in [0.5, 0.6) is 0 Å². The second-order valence-electron chi connectivity index (χ2n) is 6.72. The van der Waals surface area contributed by atoms with Crippen LogP contribution in [0, 0.1) is 0 Å². The van der Waals surface area contributed by atoms with E-state index in [-0.39, 0.29) is 23.8 Å². The van der Waals surface area contributed by atoms with Crippen LogP contribution in [0.4, 0.5) is 0 Å². The standard InChI is InChI=1S/C17H27N3O6S/c1-20(2)9-8-18-15(21)10-13-16(22)17(23)14(26-13)11-19-27(24,25)12-6-4-3-5-7-12/h3-7,13-14,16-17,19,22-23H,8-11H2,1-2H3,(H,18,21)/t13-,14-,16+,17-/m1/s1. The summed E-state index contributed by atoms with van der Waals surface area (Å²) in [5.74, 6) is -0.307. The lowest BCUT2D eigenvalue weighted by Crippen LogP contribution is -2.40. The zero-order valence-corrected chi connectivity index (χ0v) is 16.2. The fraction of sp³-hybridized carbons (Fsp3) is 0.588. The number of aliphatic hydroxyl groups is 2. The fourth-order valence-electron chi connectivity index (χ4n) is 2.71. The Hall–Kier alpha value is -1.56. The van der Waals surface area contributed by atoms with Gasteiger partial charge >= 0.3 is 0 Å². The van der Waals surface area contributed by atoms with Gasteiger partial charge in [-0.25, -0.2) is 13.1 Å². The van der Waals surface area contributed by atoms with Crippen LogP contribution in [0.25, 0.3) is 0 Å². The molecule has 1 heterocycles. The van der Waals surface area contributed by atoms with Gasteiger partial charge in [0.05, 0.1) is 17.4 Å². The van der Waals surface area contributed by atoms with E-state index in [1.165, 1.54) is 12.1 Å². The van der Waals surface area contributed by atoms with Gasteiger partial charge in [0.15, 0.2) is 0 Å². The molecule has 9 nitrogen and oxygen atoms in total. The first-order valence-electron chi connectivity index (χ1n) is 8.68. The summed E-state index contributed by atoms with van der Waals surface area (Å²) in [7, 11) is 0.00872. The van der Waals surface area contributed by atoms with Crippen molar-refractivity contribution in [2.75, 3.05) is 33.7 Å². The lowest BCUT2D eigenvalue weighted by Gasteiger charge is -2.16. The van der Waals surface area contributed by atoms with E-state index in [0.717, 1.165) is 0 Å². The smallest absolute Gasteiger partial charge is 0.240 e. The predicted molar refractivity (Wildman–Crippen MR) is 98.5 cm³/mol. The van der Waals surface area contributed by atoms with Crippen LogP contribution in [0.15, 0.2) is 35.2 Å². The summed E-state index contributed by atoms with van der Waals surface area (Å²) in [5, 5.41) is 22.9. The molecule has 27 heavy (non-hydrogen) atoms. The third-order valence-corrected chi connectivity index (χ3v) is 5.70. The fourth-order valence-corrected chi connectivity index (χ4v) is 3.78. The van der Waals surface area contributed by atoms with E-state index in [1.807, 2.05) is 19.0 Å². The molecule has 0 bridgehead atoms. The number of benzene rings is 1. The molecule has 1 amide bonds. The second-order valence-corrected chi connectivity index (χ2v) is 8.48. The van der Waals surface area contributed by atoms with E-state index >= 15 is 0 Å². The maximum Gasteiger partial charge on any atom is 0.240 e. The van der Waals surface area contributed by atoms with E-state index in [4.69, 9.17) is 4.74 Å². The minimum absolute atomic E-state index is 0.0925. The van der Waals surface area contributed by atoms with Crippen molar-refractivity contribution in [1.82, 2.24) is 14.9 Å². The van der Waals surface area contributed by atoms with Gasteiger partial charge in [-0.1, -0.05) is 18.2 Å². The average Bonchev–Trinajstić information content (AvgIpc) is 2.88. The second kappa shape index (κ2) is 9.58. The van der Waals surface area contributed by atoms with Gasteiger partial charge in [-0.15, -0.1) is 0 Å². The Labute approximate surface area is 159 Å². The molecular formula is C17H27N3O6S. The molecule has 0 aliphatic carbocycles. The number of hydrogen-bond donors (Lipinski definition) is 4. The van der Waals surface area contributed by atoms with Gasteiger partial charge in [0.25, 0.3) is 0 Å². The summed E-state index contributed by atoms with van der Waals surface area (Å²) < 4.78 is 32.3. The first-order valence-corrected chi connectivity index (χ1v) is 10.2. The Balaban J connectivity index is 1.86. The normalized spacial score (nSPS) is 25.7. The molecule has 1 saturated heterocycles. The maximum absolute atomic E-state index is 12.2. The van der Waals surface area contributed by atoms with Crippen molar-refractivity contribution in [1.29, 1.82) is 0 Å². The van der Waals surface area contributed by atoms with Crippen molar-refractivity contribution in [2.45, 2.75) is 35.7 Å². The molecule has 1 aromatic rings. The summed E-state index contributed by atoms with van der Waals surface area (Å²) in [6, 6.07) is 7.80. The maximum atomic E-state index is 12.2. The van der Waals surface area contributed by atoms with Gasteiger partial charge in [0.2, 0.25) is 15.9 Å². The van der Waals surface area contributed by atoms with Crippen molar-refractivity contribution >= 4 is 15.9 Å². The third kappa shape index (κ3) is 6.23. The highest BCUT2D eigenvalue weighted by atomic mass is 32.2. The Morgan fingerprint density at radius 1 is 1.15 bits per heavy atom. The highest BCUT2D eigenvalue weighted by Crippen LogP contribution is 2.23. The van der Waals surface area contributed by atoms with Crippen LogP contribution in [0.3, 0.4) is 0 Å². The molecule has 10 heteroatoms. The molecule has 0 saturated carbocycles. The Bertz CT molecular complexity index is 713. The molecule has 0 unspecified atom stereocenters. The Morgan fingerprint density at radius 3 is 2.41 bits per heavy atom. The van der Waals surface area contributed by atoms with Crippen LogP contribution in [0.2, 0.25) is 0 Å². The highest BCUT2D eigenvalue weighted by Gasteiger charge is 2.43. The van der Waals surface area contributed by atoms with Gasteiger partial charge in [-0.05, 0) is 26.2 Å². The SMILES string of the molecule is CN(C)CCNC(=O)C[C@H]1O[C@H](CNS(=O)(=O)c2ccccc2)[C@@H](O)[C@H]1O. The molecule has 1 aliphatic heterocycles. The number of nitrogens with zero attached hydrogens (tertiary/aromatic N) is 1. The van der Waals surface area contributed by atoms with E-state index < -0.39 is 34.4 Å². The molecule has 0 aromatic heterocycles. The van der Waals surface area contributed by atoms with Crippen LogP contribution in [-0.4, -0.2) is 87.6 Å². The summed E-state index contributed by atoms with van der Waals surface area (Å²) in [4.78, 5) is 13.9. The lowest BCUT2D eigenvalue weighted by atomic mass is 10.1. The Morgan fingerprint density at radius 2 is 1.78 bits per heavy atom. The third-order valence-electron chi connectivity index (χ3n) is 4.26. The molecule has 2 rings (SSSR count). The minimum atomic E-state index is -3.76. The zero-order valence-electron chi connectivity index (χ0n) is 15.4. The first-order chi connectivity index (χ1) is 12.7. The monoisotopic (exact) mass is 401 g/mol. The van der Waals surface area contributed by atoms with Crippen molar-refractivity contribution in [3.8, 4) is 0 Å². The van der Waals surface area contributed by atoms with Crippen molar-refractivity contribution in [2.24, 2.45) is 0 Å². The van der Waals surface area contributed by atoms with Crippen LogP contribution in [-0.2, 0) is 19.6 Å².